The standard InChI is InChI=1S/C13H27N3O3S/c1-14-9-12-5-4-7-16(11-12)20(17,18)15-10-13-6-2-3-8-19-13/h12-15H,2-11H2,1H3. The van der Waals surface area contributed by atoms with E-state index in [4.69, 9.17) is 4.74 Å². The summed E-state index contributed by atoms with van der Waals surface area (Å²) in [4.78, 5) is 0. The first kappa shape index (κ1) is 16.2. The molecule has 2 N–H and O–H groups in total. The molecule has 2 fully saturated rings. The number of piperidine rings is 1. The molecule has 2 aliphatic rings. The zero-order valence-electron chi connectivity index (χ0n) is 12.3. The van der Waals surface area contributed by atoms with Crippen LogP contribution >= 0.6 is 0 Å². The van der Waals surface area contributed by atoms with Gasteiger partial charge in [0.1, 0.15) is 0 Å². The fourth-order valence-electron chi connectivity index (χ4n) is 2.96. The predicted molar refractivity (Wildman–Crippen MR) is 78.7 cm³/mol. The van der Waals surface area contributed by atoms with Crippen LogP contribution in [0, 0.1) is 5.92 Å². The molecule has 0 radical (unpaired) electrons. The van der Waals surface area contributed by atoms with Crippen molar-refractivity contribution >= 4 is 10.2 Å². The molecule has 0 spiro atoms. The lowest BCUT2D eigenvalue weighted by Gasteiger charge is -2.32. The van der Waals surface area contributed by atoms with Crippen molar-refractivity contribution in [3.63, 3.8) is 0 Å². The summed E-state index contributed by atoms with van der Waals surface area (Å²) in [5, 5.41) is 3.13. The summed E-state index contributed by atoms with van der Waals surface area (Å²) in [6.45, 7) is 3.26. The molecular formula is C13H27N3O3S. The highest BCUT2D eigenvalue weighted by atomic mass is 32.2. The predicted octanol–water partition coefficient (Wildman–Crippen LogP) is 0.321. The molecule has 2 unspecified atom stereocenters. The van der Waals surface area contributed by atoms with Gasteiger partial charge >= 0.3 is 0 Å². The van der Waals surface area contributed by atoms with E-state index in [9.17, 15) is 8.42 Å². The first-order valence-corrected chi connectivity index (χ1v) is 9.07. The van der Waals surface area contributed by atoms with E-state index in [1.54, 1.807) is 4.31 Å². The van der Waals surface area contributed by atoms with Gasteiger partial charge in [-0.2, -0.15) is 17.4 Å². The van der Waals surface area contributed by atoms with Crippen LogP contribution in [0.4, 0.5) is 0 Å². The maximum atomic E-state index is 12.3. The third-order valence-electron chi connectivity index (χ3n) is 4.08. The van der Waals surface area contributed by atoms with Gasteiger partial charge in [-0.25, -0.2) is 0 Å². The van der Waals surface area contributed by atoms with E-state index < -0.39 is 10.2 Å². The monoisotopic (exact) mass is 305 g/mol. The highest BCUT2D eigenvalue weighted by molar-refractivity contribution is 7.87. The minimum Gasteiger partial charge on any atom is -0.377 e. The third-order valence-corrected chi connectivity index (χ3v) is 5.62. The SMILES string of the molecule is CNCC1CCCN(S(=O)(=O)NCC2CCCCO2)C1. The van der Waals surface area contributed by atoms with E-state index >= 15 is 0 Å². The van der Waals surface area contributed by atoms with E-state index in [0.29, 0.717) is 25.6 Å². The summed E-state index contributed by atoms with van der Waals surface area (Å²) in [6, 6.07) is 0. The Labute approximate surface area is 122 Å². The molecule has 2 aliphatic heterocycles. The largest absolute Gasteiger partial charge is 0.377 e. The number of rotatable bonds is 6. The van der Waals surface area contributed by atoms with Gasteiger partial charge in [-0.15, -0.1) is 0 Å². The molecule has 2 atom stereocenters. The van der Waals surface area contributed by atoms with E-state index in [1.165, 1.54) is 0 Å². The van der Waals surface area contributed by atoms with E-state index in [-0.39, 0.29) is 6.10 Å². The van der Waals surface area contributed by atoms with Crippen molar-refractivity contribution in [2.45, 2.75) is 38.2 Å². The summed E-state index contributed by atoms with van der Waals surface area (Å²) < 4.78 is 34.5. The molecule has 2 saturated heterocycles. The van der Waals surface area contributed by atoms with E-state index in [0.717, 1.165) is 45.3 Å². The molecule has 0 saturated carbocycles. The Balaban J connectivity index is 1.82. The highest BCUT2D eigenvalue weighted by Crippen LogP contribution is 2.18. The summed E-state index contributed by atoms with van der Waals surface area (Å²) in [5.74, 6) is 0.413. The Morgan fingerprint density at radius 2 is 2.05 bits per heavy atom. The van der Waals surface area contributed by atoms with Gasteiger partial charge in [0.15, 0.2) is 0 Å². The molecule has 0 amide bonds. The van der Waals surface area contributed by atoms with Crippen molar-refractivity contribution in [3.05, 3.63) is 0 Å². The molecule has 7 heteroatoms. The van der Waals surface area contributed by atoms with Crippen molar-refractivity contribution in [1.82, 2.24) is 14.3 Å². The second kappa shape index (κ2) is 7.70. The van der Waals surface area contributed by atoms with Gasteiger partial charge in [-0.3, -0.25) is 0 Å². The van der Waals surface area contributed by atoms with Crippen molar-refractivity contribution in [2.75, 3.05) is 39.8 Å². The minimum absolute atomic E-state index is 0.0384. The van der Waals surface area contributed by atoms with Crippen LogP contribution in [0.3, 0.4) is 0 Å². The molecule has 6 nitrogen and oxygen atoms in total. The Morgan fingerprint density at radius 3 is 2.75 bits per heavy atom. The molecule has 0 aliphatic carbocycles. The number of hydrogen-bond donors (Lipinski definition) is 2. The minimum atomic E-state index is -3.36. The Kier molecular flexibility index (Phi) is 6.22. The number of nitrogens with zero attached hydrogens (tertiary/aromatic N) is 1. The first-order chi connectivity index (χ1) is 9.62. The van der Waals surface area contributed by atoms with Crippen molar-refractivity contribution in [3.8, 4) is 0 Å². The molecule has 0 aromatic rings. The molecule has 20 heavy (non-hydrogen) atoms. The highest BCUT2D eigenvalue weighted by Gasteiger charge is 2.29. The number of nitrogens with one attached hydrogen (secondary N) is 2. The maximum absolute atomic E-state index is 12.3. The first-order valence-electron chi connectivity index (χ1n) is 7.63. The fraction of sp³-hybridized carbons (Fsp3) is 1.00. The zero-order chi connectivity index (χ0) is 14.4. The maximum Gasteiger partial charge on any atom is 0.279 e. The van der Waals surface area contributed by atoms with Crippen molar-refractivity contribution in [2.24, 2.45) is 5.92 Å². The van der Waals surface area contributed by atoms with Gasteiger partial charge in [0.2, 0.25) is 0 Å². The number of ether oxygens (including phenoxy) is 1. The van der Waals surface area contributed by atoms with E-state index in [2.05, 4.69) is 10.0 Å². The van der Waals surface area contributed by atoms with Gasteiger partial charge < -0.3 is 10.1 Å². The van der Waals surface area contributed by atoms with Crippen LogP contribution in [0.1, 0.15) is 32.1 Å². The van der Waals surface area contributed by atoms with Gasteiger partial charge in [-0.05, 0) is 51.6 Å². The van der Waals surface area contributed by atoms with Crippen LogP contribution in [-0.4, -0.2) is 58.7 Å². The lowest BCUT2D eigenvalue weighted by atomic mass is 10.00. The van der Waals surface area contributed by atoms with Crippen molar-refractivity contribution < 1.29 is 13.2 Å². The van der Waals surface area contributed by atoms with E-state index in [1.807, 2.05) is 7.05 Å². The summed E-state index contributed by atoms with van der Waals surface area (Å²) in [5.41, 5.74) is 0. The van der Waals surface area contributed by atoms with Crippen LogP contribution in [0.5, 0.6) is 0 Å². The van der Waals surface area contributed by atoms with Crippen LogP contribution in [0.15, 0.2) is 0 Å². The summed E-state index contributed by atoms with van der Waals surface area (Å²) in [6.07, 6.45) is 5.23. The average molecular weight is 305 g/mol. The Morgan fingerprint density at radius 1 is 1.20 bits per heavy atom. The molecule has 118 valence electrons. The van der Waals surface area contributed by atoms with Gasteiger partial charge in [0.25, 0.3) is 10.2 Å². The third kappa shape index (κ3) is 4.66. The summed E-state index contributed by atoms with van der Waals surface area (Å²) >= 11 is 0. The van der Waals surface area contributed by atoms with Gasteiger partial charge in [0.05, 0.1) is 6.10 Å². The quantitative estimate of drug-likeness (QED) is 0.741. The lowest BCUT2D eigenvalue weighted by Crippen LogP contribution is -2.49. The smallest absolute Gasteiger partial charge is 0.279 e. The molecular weight excluding hydrogens is 278 g/mol. The van der Waals surface area contributed by atoms with Crippen LogP contribution < -0.4 is 10.0 Å². The zero-order valence-corrected chi connectivity index (χ0v) is 13.1. The fourth-order valence-corrected chi connectivity index (χ4v) is 4.31. The molecule has 2 rings (SSSR count). The summed E-state index contributed by atoms with van der Waals surface area (Å²) in [7, 11) is -1.45. The molecule has 0 bridgehead atoms. The van der Waals surface area contributed by atoms with Gasteiger partial charge in [-0.1, -0.05) is 0 Å². The topological polar surface area (TPSA) is 70.7 Å². The second-order valence-electron chi connectivity index (χ2n) is 5.77. The normalized spacial score (nSPS) is 29.4. The van der Waals surface area contributed by atoms with Crippen LogP contribution in [0.2, 0.25) is 0 Å². The second-order valence-corrected chi connectivity index (χ2v) is 7.52. The number of hydrogen-bond acceptors (Lipinski definition) is 4. The Bertz CT molecular complexity index is 380. The molecule has 0 aromatic carbocycles. The van der Waals surface area contributed by atoms with Crippen LogP contribution in [-0.2, 0) is 14.9 Å². The Hall–Kier alpha value is -0.210. The van der Waals surface area contributed by atoms with Crippen LogP contribution in [0.25, 0.3) is 0 Å². The lowest BCUT2D eigenvalue weighted by molar-refractivity contribution is 0.0197. The molecule has 2 heterocycles. The van der Waals surface area contributed by atoms with Crippen molar-refractivity contribution in [1.29, 1.82) is 0 Å². The average Bonchev–Trinajstić information content (AvgIpc) is 2.47. The molecule has 0 aromatic heterocycles. The van der Waals surface area contributed by atoms with Gasteiger partial charge in [0, 0.05) is 26.2 Å².